The molecule has 0 saturated heterocycles. The molecule has 1 amide bonds. The predicted molar refractivity (Wildman–Crippen MR) is 49.8 cm³/mol. The summed E-state index contributed by atoms with van der Waals surface area (Å²) in [5, 5.41) is 14.3. The van der Waals surface area contributed by atoms with E-state index in [4.69, 9.17) is 4.42 Å². The summed E-state index contributed by atoms with van der Waals surface area (Å²) in [5.74, 6) is -0.444. The van der Waals surface area contributed by atoms with Gasteiger partial charge in [0.15, 0.2) is 0 Å². The van der Waals surface area contributed by atoms with Crippen LogP contribution in [-0.2, 0) is 4.79 Å². The summed E-state index contributed by atoms with van der Waals surface area (Å²) in [6, 6.07) is 0.297. The van der Waals surface area contributed by atoms with Crippen molar-refractivity contribution in [2.45, 2.75) is 13.0 Å². The standard InChI is InChI=1S/C8H13N3O3/c1-5-4-14-8(11-5)10-3-6(12)7(13)9-2/h4,6,12H,3H2,1-2H3,(H,9,13)(H,10,11). The molecule has 0 bridgehead atoms. The molecule has 0 spiro atoms. The lowest BCUT2D eigenvalue weighted by Crippen LogP contribution is -2.36. The Labute approximate surface area is 81.3 Å². The van der Waals surface area contributed by atoms with Crippen molar-refractivity contribution in [2.24, 2.45) is 0 Å². The van der Waals surface area contributed by atoms with Gasteiger partial charge in [0, 0.05) is 7.05 Å². The van der Waals surface area contributed by atoms with Crippen LogP contribution in [0.5, 0.6) is 0 Å². The van der Waals surface area contributed by atoms with Gasteiger partial charge in [-0.3, -0.25) is 4.79 Å². The molecule has 0 aromatic carbocycles. The monoisotopic (exact) mass is 199 g/mol. The number of carbonyl (C=O) groups excluding carboxylic acids is 1. The van der Waals surface area contributed by atoms with Crippen LogP contribution in [0, 0.1) is 6.92 Å². The highest BCUT2D eigenvalue weighted by atomic mass is 16.4. The zero-order valence-corrected chi connectivity index (χ0v) is 8.07. The number of hydrogen-bond acceptors (Lipinski definition) is 5. The molecule has 0 saturated carbocycles. The number of aryl methyl sites for hydroxylation is 1. The fourth-order valence-electron chi connectivity index (χ4n) is 0.878. The summed E-state index contributed by atoms with van der Waals surface area (Å²) in [6.07, 6.45) is 0.376. The lowest BCUT2D eigenvalue weighted by atomic mass is 10.3. The van der Waals surface area contributed by atoms with Gasteiger partial charge in [-0.2, -0.15) is 4.98 Å². The second-order valence-electron chi connectivity index (χ2n) is 2.80. The van der Waals surface area contributed by atoms with E-state index in [1.807, 2.05) is 0 Å². The Bertz CT molecular complexity index is 311. The number of aromatic nitrogens is 1. The third-order valence-corrected chi connectivity index (χ3v) is 1.61. The molecule has 1 unspecified atom stereocenters. The highest BCUT2D eigenvalue weighted by Gasteiger charge is 2.13. The number of oxazole rings is 1. The summed E-state index contributed by atoms with van der Waals surface area (Å²) in [5.41, 5.74) is 0.738. The second-order valence-corrected chi connectivity index (χ2v) is 2.80. The van der Waals surface area contributed by atoms with Gasteiger partial charge >= 0.3 is 0 Å². The Kier molecular flexibility index (Phi) is 3.47. The normalized spacial score (nSPS) is 12.2. The lowest BCUT2D eigenvalue weighted by molar-refractivity contribution is -0.128. The maximum Gasteiger partial charge on any atom is 0.294 e. The van der Waals surface area contributed by atoms with E-state index in [0.717, 1.165) is 5.69 Å². The minimum atomic E-state index is -1.10. The summed E-state index contributed by atoms with van der Waals surface area (Å²) in [4.78, 5) is 14.8. The topological polar surface area (TPSA) is 87.4 Å². The van der Waals surface area contributed by atoms with Gasteiger partial charge in [-0.05, 0) is 6.92 Å². The summed E-state index contributed by atoms with van der Waals surface area (Å²) < 4.78 is 4.96. The van der Waals surface area contributed by atoms with E-state index in [0.29, 0.717) is 6.01 Å². The predicted octanol–water partition coefficient (Wildman–Crippen LogP) is -0.498. The third kappa shape index (κ3) is 2.74. The molecule has 14 heavy (non-hydrogen) atoms. The van der Waals surface area contributed by atoms with Crippen molar-refractivity contribution in [3.63, 3.8) is 0 Å². The summed E-state index contributed by atoms with van der Waals surface area (Å²) in [6.45, 7) is 1.85. The van der Waals surface area contributed by atoms with Crippen LogP contribution in [0.1, 0.15) is 5.69 Å². The van der Waals surface area contributed by atoms with Crippen LogP contribution in [0.25, 0.3) is 0 Å². The molecule has 3 N–H and O–H groups in total. The van der Waals surface area contributed by atoms with Crippen molar-refractivity contribution >= 4 is 11.9 Å². The Morgan fingerprint density at radius 2 is 2.50 bits per heavy atom. The highest BCUT2D eigenvalue weighted by molar-refractivity contribution is 5.80. The minimum absolute atomic E-state index is 0.0691. The second kappa shape index (κ2) is 4.61. The van der Waals surface area contributed by atoms with Crippen LogP contribution in [0.4, 0.5) is 6.01 Å². The Morgan fingerprint density at radius 1 is 1.79 bits per heavy atom. The fraction of sp³-hybridized carbons (Fsp3) is 0.500. The Balaban J connectivity index is 2.37. The molecule has 1 heterocycles. The zero-order valence-electron chi connectivity index (χ0n) is 8.07. The van der Waals surface area contributed by atoms with Gasteiger partial charge in [0.2, 0.25) is 5.91 Å². The van der Waals surface area contributed by atoms with Gasteiger partial charge in [-0.1, -0.05) is 0 Å². The van der Waals surface area contributed by atoms with Crippen molar-refractivity contribution in [1.29, 1.82) is 0 Å². The van der Waals surface area contributed by atoms with Gasteiger partial charge < -0.3 is 20.2 Å². The SMILES string of the molecule is CNC(=O)C(O)CNc1nc(C)co1. The molecule has 1 rings (SSSR count). The molecule has 78 valence electrons. The molecule has 0 radical (unpaired) electrons. The summed E-state index contributed by atoms with van der Waals surface area (Å²) >= 11 is 0. The molecule has 1 aromatic heterocycles. The third-order valence-electron chi connectivity index (χ3n) is 1.61. The van der Waals surface area contributed by atoms with Crippen LogP contribution < -0.4 is 10.6 Å². The molecule has 1 atom stereocenters. The lowest BCUT2D eigenvalue weighted by Gasteiger charge is -2.08. The number of nitrogens with zero attached hydrogens (tertiary/aromatic N) is 1. The average Bonchev–Trinajstić information content (AvgIpc) is 2.59. The highest BCUT2D eigenvalue weighted by Crippen LogP contribution is 2.05. The van der Waals surface area contributed by atoms with Crippen molar-refractivity contribution < 1.29 is 14.3 Å². The van der Waals surface area contributed by atoms with Gasteiger partial charge in [0.25, 0.3) is 6.01 Å². The molecule has 0 fully saturated rings. The Hall–Kier alpha value is -1.56. The number of carbonyl (C=O) groups is 1. The zero-order chi connectivity index (χ0) is 10.6. The molecule has 0 aliphatic carbocycles. The maximum atomic E-state index is 10.9. The first-order valence-corrected chi connectivity index (χ1v) is 4.19. The number of amides is 1. The molecular weight excluding hydrogens is 186 g/mol. The quantitative estimate of drug-likeness (QED) is 0.608. The smallest absolute Gasteiger partial charge is 0.294 e. The van der Waals surface area contributed by atoms with E-state index in [1.165, 1.54) is 13.3 Å². The van der Waals surface area contributed by atoms with E-state index in [9.17, 15) is 9.90 Å². The van der Waals surface area contributed by atoms with Crippen molar-refractivity contribution in [3.05, 3.63) is 12.0 Å². The van der Waals surface area contributed by atoms with Crippen molar-refractivity contribution in [2.75, 3.05) is 18.9 Å². The number of aliphatic hydroxyl groups is 1. The van der Waals surface area contributed by atoms with Gasteiger partial charge in [-0.25, -0.2) is 0 Å². The summed E-state index contributed by atoms with van der Waals surface area (Å²) in [7, 11) is 1.46. The van der Waals surface area contributed by atoms with Crippen LogP contribution in [-0.4, -0.2) is 35.7 Å². The number of nitrogens with one attached hydrogen (secondary N) is 2. The van der Waals surface area contributed by atoms with E-state index < -0.39 is 12.0 Å². The number of rotatable bonds is 4. The van der Waals surface area contributed by atoms with Gasteiger partial charge in [-0.15, -0.1) is 0 Å². The fourth-order valence-corrected chi connectivity index (χ4v) is 0.878. The number of hydrogen-bond donors (Lipinski definition) is 3. The Morgan fingerprint density at radius 3 is 3.00 bits per heavy atom. The first kappa shape index (κ1) is 10.5. The van der Waals surface area contributed by atoms with Gasteiger partial charge in [0.1, 0.15) is 12.4 Å². The first-order chi connectivity index (χ1) is 6.63. The van der Waals surface area contributed by atoms with Crippen LogP contribution >= 0.6 is 0 Å². The molecule has 0 aliphatic heterocycles. The maximum absolute atomic E-state index is 10.9. The largest absolute Gasteiger partial charge is 0.432 e. The molecular formula is C8H13N3O3. The molecule has 6 heteroatoms. The molecule has 0 aliphatic rings. The van der Waals surface area contributed by atoms with Crippen LogP contribution in [0.3, 0.4) is 0 Å². The van der Waals surface area contributed by atoms with E-state index in [-0.39, 0.29) is 6.54 Å². The van der Waals surface area contributed by atoms with Crippen molar-refractivity contribution in [3.8, 4) is 0 Å². The van der Waals surface area contributed by atoms with Crippen molar-refractivity contribution in [1.82, 2.24) is 10.3 Å². The molecule has 6 nitrogen and oxygen atoms in total. The van der Waals surface area contributed by atoms with Crippen LogP contribution in [0.2, 0.25) is 0 Å². The number of aliphatic hydroxyl groups excluding tert-OH is 1. The number of anilines is 1. The van der Waals surface area contributed by atoms with Gasteiger partial charge in [0.05, 0.1) is 12.2 Å². The number of likely N-dealkylation sites (N-methyl/N-ethyl adjacent to an activating group) is 1. The van der Waals surface area contributed by atoms with E-state index >= 15 is 0 Å². The first-order valence-electron chi connectivity index (χ1n) is 4.19. The average molecular weight is 199 g/mol. The molecule has 1 aromatic rings. The minimum Gasteiger partial charge on any atom is -0.432 e. The van der Waals surface area contributed by atoms with E-state index in [1.54, 1.807) is 6.92 Å². The van der Waals surface area contributed by atoms with Crippen LogP contribution in [0.15, 0.2) is 10.7 Å². The van der Waals surface area contributed by atoms with E-state index in [2.05, 4.69) is 15.6 Å².